The molecule has 0 unspecified atom stereocenters. The van der Waals surface area contributed by atoms with E-state index in [2.05, 4.69) is 15.3 Å². The number of H-pyrrole nitrogens is 1. The van der Waals surface area contributed by atoms with Crippen molar-refractivity contribution in [2.24, 2.45) is 0 Å². The third-order valence-corrected chi connectivity index (χ3v) is 5.57. The van der Waals surface area contributed by atoms with E-state index in [0.717, 1.165) is 21.8 Å². The van der Waals surface area contributed by atoms with Gasteiger partial charge in [0, 0.05) is 21.9 Å². The van der Waals surface area contributed by atoms with Crippen LogP contribution in [-0.2, 0) is 9.53 Å². The molecule has 0 saturated carbocycles. The normalized spacial score (nSPS) is 11.8. The van der Waals surface area contributed by atoms with Gasteiger partial charge in [-0.25, -0.2) is 9.78 Å². The van der Waals surface area contributed by atoms with E-state index in [9.17, 15) is 9.59 Å². The molecule has 4 aromatic rings. The number of aromatic nitrogens is 2. The van der Waals surface area contributed by atoms with Gasteiger partial charge in [0.25, 0.3) is 5.91 Å². The topological polar surface area (TPSA) is 112 Å². The minimum Gasteiger partial charge on any atom is -0.493 e. The van der Waals surface area contributed by atoms with Crippen LogP contribution in [0.1, 0.15) is 17.4 Å². The van der Waals surface area contributed by atoms with E-state index in [-0.39, 0.29) is 5.69 Å². The summed E-state index contributed by atoms with van der Waals surface area (Å²) < 4.78 is 21.2. The average Bonchev–Trinajstić information content (AvgIpc) is 3.25. The summed E-state index contributed by atoms with van der Waals surface area (Å²) in [5.41, 5.74) is 2.96. The van der Waals surface area contributed by atoms with E-state index in [1.54, 1.807) is 25.1 Å². The number of amides is 1. The highest BCUT2D eigenvalue weighted by Gasteiger charge is 2.22. The summed E-state index contributed by atoms with van der Waals surface area (Å²) in [4.78, 5) is 32.9. The number of nitrogens with one attached hydrogen (secondary N) is 2. The molecule has 1 amide bonds. The van der Waals surface area contributed by atoms with Gasteiger partial charge in [-0.15, -0.1) is 0 Å². The molecule has 2 aromatic heterocycles. The summed E-state index contributed by atoms with van der Waals surface area (Å²) in [6.07, 6.45) is 0. The van der Waals surface area contributed by atoms with Crippen LogP contribution < -0.4 is 19.5 Å². The van der Waals surface area contributed by atoms with Crippen molar-refractivity contribution in [2.45, 2.75) is 13.0 Å². The highest BCUT2D eigenvalue weighted by Crippen LogP contribution is 2.42. The summed E-state index contributed by atoms with van der Waals surface area (Å²) in [5, 5.41) is 4.38. The summed E-state index contributed by atoms with van der Waals surface area (Å²) in [7, 11) is 5.86. The highest BCUT2D eigenvalue weighted by molar-refractivity contribution is 6.13. The lowest BCUT2D eigenvalue weighted by atomic mass is 10.0. The van der Waals surface area contributed by atoms with Crippen LogP contribution in [0.5, 0.6) is 17.2 Å². The minimum absolute atomic E-state index is 0.150. The second kappa shape index (κ2) is 9.30. The van der Waals surface area contributed by atoms with Gasteiger partial charge in [0.2, 0.25) is 5.75 Å². The number of pyridine rings is 1. The Bertz CT molecular complexity index is 1370. The molecule has 34 heavy (non-hydrogen) atoms. The Morgan fingerprint density at radius 1 is 0.941 bits per heavy atom. The molecule has 0 aliphatic carbocycles. The van der Waals surface area contributed by atoms with Crippen LogP contribution in [-0.4, -0.2) is 56.3 Å². The quantitative estimate of drug-likeness (QED) is 0.402. The van der Waals surface area contributed by atoms with Crippen molar-refractivity contribution in [3.8, 4) is 28.5 Å². The van der Waals surface area contributed by atoms with Gasteiger partial charge in [-0.1, -0.05) is 18.2 Å². The number of para-hydroxylation sites is 1. The summed E-state index contributed by atoms with van der Waals surface area (Å²) in [5.74, 6) is 0.307. The van der Waals surface area contributed by atoms with Crippen molar-refractivity contribution >= 4 is 33.7 Å². The van der Waals surface area contributed by atoms with E-state index in [1.165, 1.54) is 28.4 Å². The molecule has 0 fully saturated rings. The number of carbonyl (C=O) groups is 2. The molecular weight excluding hydrogens is 438 g/mol. The highest BCUT2D eigenvalue weighted by atomic mass is 16.5. The molecule has 4 rings (SSSR count). The summed E-state index contributed by atoms with van der Waals surface area (Å²) >= 11 is 0. The second-order valence-corrected chi connectivity index (χ2v) is 7.58. The number of esters is 1. The first-order valence-corrected chi connectivity index (χ1v) is 10.5. The van der Waals surface area contributed by atoms with Gasteiger partial charge in [0.1, 0.15) is 11.7 Å². The third-order valence-electron chi connectivity index (χ3n) is 5.57. The van der Waals surface area contributed by atoms with E-state index >= 15 is 0 Å². The molecule has 0 saturated heterocycles. The Labute approximate surface area is 196 Å². The molecule has 9 nitrogen and oxygen atoms in total. The fourth-order valence-electron chi connectivity index (χ4n) is 3.89. The first-order valence-electron chi connectivity index (χ1n) is 10.5. The van der Waals surface area contributed by atoms with Crippen LogP contribution in [0.4, 0.5) is 0 Å². The number of fused-ring (bicyclic) bond motifs is 3. The largest absolute Gasteiger partial charge is 0.493 e. The molecule has 0 aliphatic rings. The van der Waals surface area contributed by atoms with Gasteiger partial charge in [-0.2, -0.15) is 0 Å². The molecule has 0 radical (unpaired) electrons. The zero-order valence-corrected chi connectivity index (χ0v) is 19.5. The first kappa shape index (κ1) is 22.9. The van der Waals surface area contributed by atoms with Crippen LogP contribution in [0.2, 0.25) is 0 Å². The van der Waals surface area contributed by atoms with Gasteiger partial charge < -0.3 is 29.2 Å². The van der Waals surface area contributed by atoms with Crippen molar-refractivity contribution in [3.63, 3.8) is 0 Å². The number of ether oxygens (including phenoxy) is 4. The van der Waals surface area contributed by atoms with Crippen LogP contribution in [0.25, 0.3) is 33.1 Å². The number of methoxy groups -OCH3 is 4. The molecule has 0 spiro atoms. The van der Waals surface area contributed by atoms with Crippen molar-refractivity contribution in [1.82, 2.24) is 15.3 Å². The predicted octanol–water partition coefficient (Wildman–Crippen LogP) is 3.70. The minimum atomic E-state index is -0.831. The molecule has 176 valence electrons. The first-order chi connectivity index (χ1) is 16.4. The number of rotatable bonds is 7. The summed E-state index contributed by atoms with van der Waals surface area (Å²) in [6.45, 7) is 1.55. The van der Waals surface area contributed by atoms with Crippen molar-refractivity contribution in [3.05, 3.63) is 48.2 Å². The molecule has 9 heteroatoms. The fraction of sp³-hybridized carbons (Fsp3) is 0.240. The number of hydrogen-bond acceptors (Lipinski definition) is 7. The Balaban J connectivity index is 1.96. The number of nitrogens with zero attached hydrogens (tertiary/aromatic N) is 1. The zero-order valence-electron chi connectivity index (χ0n) is 19.5. The summed E-state index contributed by atoms with van der Waals surface area (Å²) in [6, 6.07) is 12.2. The lowest BCUT2D eigenvalue weighted by Crippen LogP contribution is -2.39. The van der Waals surface area contributed by atoms with Gasteiger partial charge in [-0.05, 0) is 31.2 Å². The maximum atomic E-state index is 13.0. The predicted molar refractivity (Wildman–Crippen MR) is 128 cm³/mol. The molecule has 1 atom stereocenters. The second-order valence-electron chi connectivity index (χ2n) is 7.58. The number of hydrogen-bond donors (Lipinski definition) is 2. The lowest BCUT2D eigenvalue weighted by molar-refractivity contribution is -0.142. The fourth-order valence-corrected chi connectivity index (χ4v) is 3.89. The van der Waals surface area contributed by atoms with Gasteiger partial charge in [0.15, 0.2) is 11.5 Å². The molecule has 0 bridgehead atoms. The number of benzene rings is 2. The van der Waals surface area contributed by atoms with Crippen LogP contribution in [0.15, 0.2) is 42.5 Å². The SMILES string of the molecule is COC(=O)[C@H](C)NC(=O)c1cc2c([nH]c3ccccc32)c(-c2cc(OC)c(OC)c(OC)c2)n1. The lowest BCUT2D eigenvalue weighted by Gasteiger charge is -2.15. The Hall–Kier alpha value is -4.27. The standard InChI is InChI=1S/C25H25N3O6/c1-13(25(30)34-5)26-24(29)18-12-16-15-8-6-7-9-17(15)27-22(16)21(28-18)14-10-19(31-2)23(33-4)20(11-14)32-3/h6-13,27H,1-5H3,(H,26,29)/t13-/m0/s1. The van der Waals surface area contributed by atoms with E-state index < -0.39 is 17.9 Å². The van der Waals surface area contributed by atoms with E-state index in [1.807, 2.05) is 24.3 Å². The number of aromatic amines is 1. The van der Waals surface area contributed by atoms with E-state index in [0.29, 0.717) is 28.5 Å². The number of carbonyl (C=O) groups excluding carboxylic acids is 2. The van der Waals surface area contributed by atoms with E-state index in [4.69, 9.17) is 18.9 Å². The molecule has 0 aliphatic heterocycles. The Morgan fingerprint density at radius 3 is 2.24 bits per heavy atom. The molecular formula is C25H25N3O6. The maximum absolute atomic E-state index is 13.0. The Kier molecular flexibility index (Phi) is 6.27. The monoisotopic (exact) mass is 463 g/mol. The van der Waals surface area contributed by atoms with Gasteiger partial charge in [0.05, 0.1) is 39.6 Å². The van der Waals surface area contributed by atoms with Crippen molar-refractivity contribution < 1.29 is 28.5 Å². The Morgan fingerprint density at radius 2 is 1.62 bits per heavy atom. The molecule has 2 aromatic carbocycles. The zero-order chi connectivity index (χ0) is 24.4. The molecule has 2 N–H and O–H groups in total. The van der Waals surface area contributed by atoms with Crippen LogP contribution in [0.3, 0.4) is 0 Å². The van der Waals surface area contributed by atoms with Crippen LogP contribution in [0, 0.1) is 0 Å². The maximum Gasteiger partial charge on any atom is 0.328 e. The smallest absolute Gasteiger partial charge is 0.328 e. The van der Waals surface area contributed by atoms with Crippen molar-refractivity contribution in [2.75, 3.05) is 28.4 Å². The molecule has 2 heterocycles. The average molecular weight is 463 g/mol. The van der Waals surface area contributed by atoms with Crippen LogP contribution >= 0.6 is 0 Å². The van der Waals surface area contributed by atoms with Gasteiger partial charge >= 0.3 is 5.97 Å². The van der Waals surface area contributed by atoms with Crippen molar-refractivity contribution in [1.29, 1.82) is 0 Å². The van der Waals surface area contributed by atoms with Gasteiger partial charge in [-0.3, -0.25) is 4.79 Å². The third kappa shape index (κ3) is 3.96.